The van der Waals surface area contributed by atoms with Gasteiger partial charge in [0.15, 0.2) is 11.5 Å². The van der Waals surface area contributed by atoms with Crippen molar-refractivity contribution in [2.45, 2.75) is 13.0 Å². The minimum Gasteiger partial charge on any atom is -0.459 e. The third-order valence-electron chi connectivity index (χ3n) is 4.18. The number of nitrogens with one attached hydrogen (secondary N) is 1. The number of carbonyl (C=O) groups excluding carboxylic acids is 2. The van der Waals surface area contributed by atoms with Crippen molar-refractivity contribution in [1.29, 1.82) is 0 Å². The summed E-state index contributed by atoms with van der Waals surface area (Å²) in [6.07, 6.45) is 0. The Hall–Kier alpha value is -2.32. The highest BCUT2D eigenvalue weighted by Gasteiger charge is 2.26. The number of nitrogens with zero attached hydrogens (tertiary/aromatic N) is 1. The standard InChI is InChI=1S/C17H22N2O6/c1-2-23-17(21)16(20)18-10-13(19-5-7-22-8-6-19)12-3-4-14-15(9-12)25-11-24-14/h3-4,9,13H,2,5-8,10-11H2,1H3,(H,18,20)/t13-/m1/s1. The number of ether oxygens (including phenoxy) is 4. The van der Waals surface area contributed by atoms with Gasteiger partial charge in [-0.1, -0.05) is 6.07 Å². The summed E-state index contributed by atoms with van der Waals surface area (Å²) in [5.41, 5.74) is 0.982. The zero-order valence-electron chi connectivity index (χ0n) is 14.2. The van der Waals surface area contributed by atoms with Crippen molar-refractivity contribution in [3.05, 3.63) is 23.8 Å². The lowest BCUT2D eigenvalue weighted by Gasteiger charge is -2.34. The van der Waals surface area contributed by atoms with E-state index in [0.29, 0.717) is 24.7 Å². The van der Waals surface area contributed by atoms with Crippen LogP contribution in [0.1, 0.15) is 18.5 Å². The lowest BCUT2D eigenvalue weighted by molar-refractivity contribution is -0.154. The molecule has 1 aromatic rings. The average Bonchev–Trinajstić information content (AvgIpc) is 3.10. The van der Waals surface area contributed by atoms with Crippen LogP contribution >= 0.6 is 0 Å². The van der Waals surface area contributed by atoms with Gasteiger partial charge in [-0.3, -0.25) is 9.69 Å². The van der Waals surface area contributed by atoms with Gasteiger partial charge in [0.1, 0.15) is 0 Å². The van der Waals surface area contributed by atoms with Crippen molar-refractivity contribution >= 4 is 11.9 Å². The Morgan fingerprint density at radius 2 is 2.00 bits per heavy atom. The van der Waals surface area contributed by atoms with Crippen molar-refractivity contribution < 1.29 is 28.5 Å². The third-order valence-corrected chi connectivity index (χ3v) is 4.18. The fourth-order valence-corrected chi connectivity index (χ4v) is 2.93. The monoisotopic (exact) mass is 350 g/mol. The Kier molecular flexibility index (Phi) is 5.72. The molecule has 0 radical (unpaired) electrons. The molecule has 0 bridgehead atoms. The van der Waals surface area contributed by atoms with Gasteiger partial charge in [0.05, 0.1) is 25.9 Å². The van der Waals surface area contributed by atoms with Crippen LogP contribution in [-0.4, -0.2) is 63.0 Å². The molecular formula is C17H22N2O6. The van der Waals surface area contributed by atoms with Gasteiger partial charge in [-0.25, -0.2) is 4.79 Å². The Morgan fingerprint density at radius 1 is 1.24 bits per heavy atom. The van der Waals surface area contributed by atoms with Crippen LogP contribution in [0.2, 0.25) is 0 Å². The molecular weight excluding hydrogens is 328 g/mol. The van der Waals surface area contributed by atoms with Crippen LogP contribution in [0.3, 0.4) is 0 Å². The van der Waals surface area contributed by atoms with E-state index in [1.165, 1.54) is 0 Å². The second-order valence-electron chi connectivity index (χ2n) is 5.71. The van der Waals surface area contributed by atoms with E-state index in [1.807, 2.05) is 18.2 Å². The van der Waals surface area contributed by atoms with Crippen LogP contribution in [-0.2, 0) is 19.1 Å². The summed E-state index contributed by atoms with van der Waals surface area (Å²) in [7, 11) is 0. The normalized spacial score (nSPS) is 17.8. The van der Waals surface area contributed by atoms with Gasteiger partial charge in [0.2, 0.25) is 6.79 Å². The van der Waals surface area contributed by atoms with E-state index in [-0.39, 0.29) is 26.0 Å². The Morgan fingerprint density at radius 3 is 2.76 bits per heavy atom. The van der Waals surface area contributed by atoms with Gasteiger partial charge in [-0.15, -0.1) is 0 Å². The van der Waals surface area contributed by atoms with Crippen LogP contribution in [0, 0.1) is 0 Å². The van der Waals surface area contributed by atoms with E-state index in [0.717, 1.165) is 18.7 Å². The van der Waals surface area contributed by atoms with Crippen LogP contribution in [0.25, 0.3) is 0 Å². The molecule has 2 aliphatic rings. The molecule has 1 amide bonds. The number of morpholine rings is 1. The predicted octanol–water partition coefficient (Wildman–Crippen LogP) is 0.468. The molecule has 1 atom stereocenters. The van der Waals surface area contributed by atoms with Crippen molar-refractivity contribution in [2.24, 2.45) is 0 Å². The minimum atomic E-state index is -0.867. The van der Waals surface area contributed by atoms with Crippen molar-refractivity contribution in [3.8, 4) is 11.5 Å². The SMILES string of the molecule is CCOC(=O)C(=O)NC[C@H](c1ccc2c(c1)OCO2)N1CCOCC1. The molecule has 136 valence electrons. The molecule has 2 aliphatic heterocycles. The van der Waals surface area contributed by atoms with E-state index in [9.17, 15) is 9.59 Å². The van der Waals surface area contributed by atoms with Crippen LogP contribution < -0.4 is 14.8 Å². The minimum absolute atomic E-state index is 0.100. The Labute approximate surface area is 146 Å². The largest absolute Gasteiger partial charge is 0.459 e. The zero-order valence-corrected chi connectivity index (χ0v) is 14.2. The summed E-state index contributed by atoms with van der Waals surface area (Å²) in [6.45, 7) is 5.08. The Bertz CT molecular complexity index is 630. The maximum Gasteiger partial charge on any atom is 0.396 e. The molecule has 1 saturated heterocycles. The van der Waals surface area contributed by atoms with Gasteiger partial charge in [-0.2, -0.15) is 0 Å². The smallest absolute Gasteiger partial charge is 0.396 e. The molecule has 1 N–H and O–H groups in total. The van der Waals surface area contributed by atoms with Crippen LogP contribution in [0.15, 0.2) is 18.2 Å². The van der Waals surface area contributed by atoms with Crippen molar-refractivity contribution in [2.75, 3.05) is 46.2 Å². The maximum atomic E-state index is 11.9. The highest BCUT2D eigenvalue weighted by molar-refractivity contribution is 6.32. The van der Waals surface area contributed by atoms with Crippen LogP contribution in [0.5, 0.6) is 11.5 Å². The lowest BCUT2D eigenvalue weighted by Crippen LogP contribution is -2.45. The van der Waals surface area contributed by atoms with Crippen molar-refractivity contribution in [3.63, 3.8) is 0 Å². The molecule has 1 aromatic carbocycles. The van der Waals surface area contributed by atoms with Crippen LogP contribution in [0.4, 0.5) is 0 Å². The number of rotatable bonds is 5. The number of fused-ring (bicyclic) bond motifs is 1. The van der Waals surface area contributed by atoms with E-state index >= 15 is 0 Å². The number of benzene rings is 1. The van der Waals surface area contributed by atoms with Gasteiger partial charge in [0, 0.05) is 19.6 Å². The number of hydrogen-bond donors (Lipinski definition) is 1. The molecule has 8 heteroatoms. The first-order valence-electron chi connectivity index (χ1n) is 8.35. The topological polar surface area (TPSA) is 86.3 Å². The van der Waals surface area contributed by atoms with Gasteiger partial charge in [-0.05, 0) is 24.6 Å². The number of amides is 1. The fourth-order valence-electron chi connectivity index (χ4n) is 2.93. The first-order valence-corrected chi connectivity index (χ1v) is 8.35. The quantitative estimate of drug-likeness (QED) is 0.610. The molecule has 8 nitrogen and oxygen atoms in total. The molecule has 3 rings (SSSR count). The summed E-state index contributed by atoms with van der Waals surface area (Å²) in [5.74, 6) is -0.206. The molecule has 0 aromatic heterocycles. The highest BCUT2D eigenvalue weighted by Crippen LogP contribution is 2.35. The van der Waals surface area contributed by atoms with E-state index in [1.54, 1.807) is 6.92 Å². The van der Waals surface area contributed by atoms with Crippen molar-refractivity contribution in [1.82, 2.24) is 10.2 Å². The predicted molar refractivity (Wildman–Crippen MR) is 87.3 cm³/mol. The number of carbonyl (C=O) groups is 2. The number of hydrogen-bond acceptors (Lipinski definition) is 7. The summed E-state index contributed by atoms with van der Waals surface area (Å²) in [5, 5.41) is 2.66. The fraction of sp³-hybridized carbons (Fsp3) is 0.529. The summed E-state index contributed by atoms with van der Waals surface area (Å²) < 4.78 is 20.9. The van der Waals surface area contributed by atoms with Gasteiger partial charge >= 0.3 is 11.9 Å². The first kappa shape index (κ1) is 17.5. The molecule has 0 spiro atoms. The average molecular weight is 350 g/mol. The first-order chi connectivity index (χ1) is 12.2. The molecule has 0 aliphatic carbocycles. The van der Waals surface area contributed by atoms with E-state index in [4.69, 9.17) is 18.9 Å². The second kappa shape index (κ2) is 8.17. The van der Waals surface area contributed by atoms with Gasteiger partial charge in [0.25, 0.3) is 0 Å². The summed E-state index contributed by atoms with van der Waals surface area (Å²) in [4.78, 5) is 25.6. The molecule has 0 unspecified atom stereocenters. The lowest BCUT2D eigenvalue weighted by atomic mass is 10.0. The number of esters is 1. The van der Waals surface area contributed by atoms with Gasteiger partial charge < -0.3 is 24.3 Å². The molecule has 2 heterocycles. The summed E-state index contributed by atoms with van der Waals surface area (Å²) >= 11 is 0. The molecule has 0 saturated carbocycles. The van der Waals surface area contributed by atoms with E-state index in [2.05, 4.69) is 10.2 Å². The Balaban J connectivity index is 1.73. The maximum absolute atomic E-state index is 11.9. The molecule has 25 heavy (non-hydrogen) atoms. The highest BCUT2D eigenvalue weighted by atomic mass is 16.7. The van der Waals surface area contributed by atoms with E-state index < -0.39 is 11.9 Å². The third kappa shape index (κ3) is 4.21. The zero-order chi connectivity index (χ0) is 17.6. The summed E-state index contributed by atoms with van der Waals surface area (Å²) in [6, 6.07) is 5.62. The molecule has 1 fully saturated rings. The second-order valence-corrected chi connectivity index (χ2v) is 5.71.